The van der Waals surface area contributed by atoms with E-state index in [1.807, 2.05) is 42.5 Å². The van der Waals surface area contributed by atoms with Gasteiger partial charge in [-0.05, 0) is 98.0 Å². The van der Waals surface area contributed by atoms with Crippen LogP contribution in [0.2, 0.25) is 0 Å². The first-order valence-electron chi connectivity index (χ1n) is 18.2. The van der Waals surface area contributed by atoms with E-state index < -0.39 is 12.1 Å². The average molecular weight is 703 g/mol. The van der Waals surface area contributed by atoms with Crippen LogP contribution in [-0.2, 0) is 16.2 Å². The minimum absolute atomic E-state index is 0.199. The van der Waals surface area contributed by atoms with Crippen molar-refractivity contribution in [2.45, 2.75) is 85.6 Å². The number of ether oxygens (including phenoxy) is 2. The van der Waals surface area contributed by atoms with Crippen LogP contribution in [0.25, 0.3) is 21.8 Å². The number of carbonyl (C=O) groups is 4. The van der Waals surface area contributed by atoms with Gasteiger partial charge in [0.2, 0.25) is 5.78 Å². The molecular formula is C43H46N2O7. The smallest absolute Gasteiger partial charge is 0.395 e. The van der Waals surface area contributed by atoms with Crippen LogP contribution in [0.5, 0.6) is 11.5 Å². The summed E-state index contributed by atoms with van der Waals surface area (Å²) in [6, 6.07) is 26.3. The summed E-state index contributed by atoms with van der Waals surface area (Å²) in [7, 11) is 0. The molecule has 0 aliphatic heterocycles. The first-order valence-corrected chi connectivity index (χ1v) is 18.2. The van der Waals surface area contributed by atoms with Crippen LogP contribution in [0, 0.1) is 5.92 Å². The van der Waals surface area contributed by atoms with Crippen LogP contribution in [0.4, 0.5) is 4.79 Å². The van der Waals surface area contributed by atoms with Crippen LogP contribution in [0.15, 0.2) is 96.2 Å². The Morgan fingerprint density at radius 1 is 0.692 bits per heavy atom. The zero-order valence-corrected chi connectivity index (χ0v) is 30.4. The Hall–Kier alpha value is -5.57. The lowest BCUT2D eigenvalue weighted by atomic mass is 9.98. The van der Waals surface area contributed by atoms with Gasteiger partial charge in [0.15, 0.2) is 5.78 Å². The summed E-state index contributed by atoms with van der Waals surface area (Å²) in [5.41, 5.74) is 3.49. The Bertz CT molecular complexity index is 2060. The molecule has 52 heavy (non-hydrogen) atoms. The van der Waals surface area contributed by atoms with Gasteiger partial charge in [0.05, 0.1) is 0 Å². The van der Waals surface area contributed by atoms with E-state index in [4.69, 9.17) is 14.3 Å². The predicted octanol–water partition coefficient (Wildman–Crippen LogP) is 10.5. The summed E-state index contributed by atoms with van der Waals surface area (Å²) < 4.78 is 12.8. The summed E-state index contributed by atoms with van der Waals surface area (Å²) in [6.07, 6.45) is 6.57. The van der Waals surface area contributed by atoms with E-state index >= 15 is 0 Å². The number of hydrogen-bond acceptors (Lipinski definition) is 8. The summed E-state index contributed by atoms with van der Waals surface area (Å²) in [5, 5.41) is 5.65. The van der Waals surface area contributed by atoms with Gasteiger partial charge in [-0.15, -0.1) is 0 Å². The Morgan fingerprint density at radius 3 is 1.90 bits per heavy atom. The molecule has 0 N–H and O–H groups in total. The molecule has 1 heterocycles. The quantitative estimate of drug-likeness (QED) is 0.0180. The lowest BCUT2D eigenvalue weighted by Gasteiger charge is -2.17. The Labute approximate surface area is 304 Å². The molecule has 0 radical (unpaired) electrons. The van der Waals surface area contributed by atoms with Gasteiger partial charge in [0.25, 0.3) is 0 Å². The van der Waals surface area contributed by atoms with Crippen LogP contribution in [0.1, 0.15) is 105 Å². The van der Waals surface area contributed by atoms with Crippen molar-refractivity contribution < 1.29 is 33.5 Å². The van der Waals surface area contributed by atoms with E-state index in [2.05, 4.69) is 30.5 Å². The number of carbonyl (C=O) groups excluding carboxylic acids is 4. The molecule has 270 valence electrons. The third-order valence-corrected chi connectivity index (χ3v) is 9.20. The molecule has 0 spiro atoms. The van der Waals surface area contributed by atoms with E-state index in [0.717, 1.165) is 73.3 Å². The van der Waals surface area contributed by atoms with E-state index in [0.29, 0.717) is 34.8 Å². The molecule has 5 rings (SSSR count). The van der Waals surface area contributed by atoms with Crippen LogP contribution in [0.3, 0.4) is 0 Å². The highest BCUT2D eigenvalue weighted by Crippen LogP contribution is 2.33. The number of Topliss-reactive ketones (excluding diaryl/α,β-unsaturated/α-hetero) is 1. The van der Waals surface area contributed by atoms with Crippen LogP contribution < -0.4 is 9.47 Å². The van der Waals surface area contributed by atoms with Gasteiger partial charge >= 0.3 is 12.1 Å². The Balaban J connectivity index is 1.49. The zero-order valence-electron chi connectivity index (χ0n) is 30.4. The molecule has 1 atom stereocenters. The number of benzene rings is 4. The molecule has 9 heteroatoms. The fourth-order valence-electron chi connectivity index (χ4n) is 6.33. The maximum absolute atomic E-state index is 13.8. The van der Waals surface area contributed by atoms with Gasteiger partial charge in [-0.3, -0.25) is 9.59 Å². The maximum atomic E-state index is 13.8. The minimum atomic E-state index is -0.879. The molecule has 0 bridgehead atoms. The number of para-hydroxylation sites is 1. The van der Waals surface area contributed by atoms with Crippen LogP contribution >= 0.6 is 0 Å². The van der Waals surface area contributed by atoms with Crippen molar-refractivity contribution in [3.05, 3.63) is 108 Å². The monoisotopic (exact) mass is 702 g/mol. The molecule has 0 amide bonds. The van der Waals surface area contributed by atoms with Crippen LogP contribution in [-0.4, -0.2) is 34.0 Å². The number of unbranched alkanes of at least 4 members (excludes halogenated alkanes) is 3. The van der Waals surface area contributed by atoms with Crippen molar-refractivity contribution in [1.29, 1.82) is 0 Å². The maximum Gasteiger partial charge on any atom is 0.519 e. The largest absolute Gasteiger partial charge is 0.519 e. The van der Waals surface area contributed by atoms with Gasteiger partial charge in [-0.25, -0.2) is 9.59 Å². The highest BCUT2D eigenvalue weighted by molar-refractivity contribution is 6.46. The lowest BCUT2D eigenvalue weighted by molar-refractivity contribution is -0.140. The normalized spacial score (nSPS) is 12.1. The topological polar surface area (TPSA) is 113 Å². The molecule has 0 fully saturated rings. The van der Waals surface area contributed by atoms with Gasteiger partial charge < -0.3 is 18.9 Å². The van der Waals surface area contributed by atoms with Crippen molar-refractivity contribution >= 4 is 51.2 Å². The lowest BCUT2D eigenvalue weighted by Crippen LogP contribution is -2.16. The highest BCUT2D eigenvalue weighted by atomic mass is 16.7. The first kappa shape index (κ1) is 37.7. The average Bonchev–Trinajstić information content (AvgIpc) is 3.46. The number of ketones is 2. The molecule has 0 aliphatic carbocycles. The predicted molar refractivity (Wildman–Crippen MR) is 203 cm³/mol. The van der Waals surface area contributed by atoms with E-state index in [9.17, 15) is 19.2 Å². The molecule has 5 aromatic rings. The van der Waals surface area contributed by atoms with E-state index in [1.54, 1.807) is 48.5 Å². The van der Waals surface area contributed by atoms with Crippen molar-refractivity contribution in [2.75, 3.05) is 0 Å². The van der Waals surface area contributed by atoms with Crippen molar-refractivity contribution in [1.82, 2.24) is 4.57 Å². The Kier molecular flexibility index (Phi) is 13.1. The zero-order chi connectivity index (χ0) is 37.0. The molecule has 0 saturated carbocycles. The summed E-state index contributed by atoms with van der Waals surface area (Å²) in [6.45, 7) is 8.56. The molecular weight excluding hydrogens is 656 g/mol. The van der Waals surface area contributed by atoms with Crippen molar-refractivity contribution in [3.63, 3.8) is 0 Å². The third-order valence-electron chi connectivity index (χ3n) is 9.20. The Morgan fingerprint density at radius 2 is 1.29 bits per heavy atom. The number of oxime groups is 1. The second-order valence-corrected chi connectivity index (χ2v) is 13.0. The van der Waals surface area contributed by atoms with Gasteiger partial charge in [0, 0.05) is 52.0 Å². The second-order valence-electron chi connectivity index (χ2n) is 13.0. The van der Waals surface area contributed by atoms with Crippen molar-refractivity contribution in [2.24, 2.45) is 11.1 Å². The molecule has 4 aromatic carbocycles. The third kappa shape index (κ3) is 9.40. The van der Waals surface area contributed by atoms with E-state index in [1.165, 1.54) is 6.92 Å². The first-order chi connectivity index (χ1) is 25.2. The SMILES string of the molecule is CCCCC/C(=N\OC(C)=O)C(=O)c1ccc2c(c1)c1cc(C(=O)c3ccc(OC(=O)Oc4ccccc4)cc3)ccc1n2CC(CC)CCCC. The summed E-state index contributed by atoms with van der Waals surface area (Å²) >= 11 is 0. The molecule has 9 nitrogen and oxygen atoms in total. The molecule has 0 aliphatic rings. The molecule has 0 saturated heterocycles. The number of nitrogens with zero attached hydrogens (tertiary/aromatic N) is 2. The number of rotatable bonds is 17. The fraction of sp³-hybridized carbons (Fsp3) is 0.326. The highest BCUT2D eigenvalue weighted by Gasteiger charge is 2.21. The van der Waals surface area contributed by atoms with Gasteiger partial charge in [0.1, 0.15) is 17.2 Å². The van der Waals surface area contributed by atoms with E-state index in [-0.39, 0.29) is 23.0 Å². The van der Waals surface area contributed by atoms with Gasteiger partial charge in [-0.1, -0.05) is 76.2 Å². The standard InChI is InChI=1S/C43H46N2O7/c1-5-8-11-17-38(44-52-29(4)46)42(48)33-21-25-40-37(27-33)36-26-32(20-24-39(36)45(40)28-30(7-3)14-9-6-2)41(47)31-18-22-35(23-19-31)51-43(49)50-34-15-12-10-13-16-34/h10,12-13,15-16,18-27,30H,5-9,11,14,17,28H2,1-4H3/b44-38+. The summed E-state index contributed by atoms with van der Waals surface area (Å²) in [4.78, 5) is 56.3. The van der Waals surface area contributed by atoms with Crippen molar-refractivity contribution in [3.8, 4) is 11.5 Å². The fourth-order valence-corrected chi connectivity index (χ4v) is 6.33. The number of aromatic nitrogens is 1. The summed E-state index contributed by atoms with van der Waals surface area (Å²) in [5.74, 6) is -0.00789. The second kappa shape index (κ2) is 18.1. The molecule has 1 unspecified atom stereocenters. The van der Waals surface area contributed by atoms with Gasteiger partial charge in [-0.2, -0.15) is 0 Å². The number of hydrogen-bond donors (Lipinski definition) is 0. The molecule has 1 aromatic heterocycles. The number of fused-ring (bicyclic) bond motifs is 3. The minimum Gasteiger partial charge on any atom is -0.395 e.